The summed E-state index contributed by atoms with van der Waals surface area (Å²) < 4.78 is 62.6. The number of carbonyl (C=O) groups excluding carboxylic acids is 1. The predicted octanol–water partition coefficient (Wildman–Crippen LogP) is 2.39. The minimum atomic E-state index is -3.88. The Morgan fingerprint density at radius 1 is 1.07 bits per heavy atom. The fourth-order valence-electron chi connectivity index (χ4n) is 2.31. The minimum absolute atomic E-state index is 0.124. The zero-order valence-corrected chi connectivity index (χ0v) is 15.6. The van der Waals surface area contributed by atoms with Crippen LogP contribution in [0, 0.1) is 11.6 Å². The Balaban J connectivity index is 2.32. The highest BCUT2D eigenvalue weighted by atomic mass is 32.2. The number of sulfonamides is 1. The summed E-state index contributed by atoms with van der Waals surface area (Å²) in [6.45, 7) is -0.692. The number of halogens is 2. The average Bonchev–Trinajstić information content (AvgIpc) is 2.61. The summed E-state index contributed by atoms with van der Waals surface area (Å²) in [7, 11) is -1.09. The van der Waals surface area contributed by atoms with Crippen LogP contribution in [-0.4, -0.2) is 41.3 Å². The molecule has 0 aromatic heterocycles. The van der Waals surface area contributed by atoms with Gasteiger partial charge in [0.15, 0.2) is 11.5 Å². The molecule has 0 aliphatic heterocycles. The van der Waals surface area contributed by atoms with Crippen LogP contribution in [0.25, 0.3) is 0 Å². The Kier molecular flexibility index (Phi) is 6.21. The molecule has 2 aromatic carbocycles. The lowest BCUT2D eigenvalue weighted by Gasteiger charge is -2.23. The molecule has 7 nitrogen and oxygen atoms in total. The van der Waals surface area contributed by atoms with Gasteiger partial charge in [-0.05, 0) is 24.3 Å². The van der Waals surface area contributed by atoms with Crippen LogP contribution >= 0.6 is 0 Å². The van der Waals surface area contributed by atoms with Crippen LogP contribution in [-0.2, 0) is 14.8 Å². The second-order valence-corrected chi connectivity index (χ2v) is 7.36. The quantitative estimate of drug-likeness (QED) is 0.772. The summed E-state index contributed by atoms with van der Waals surface area (Å²) in [6.07, 6.45) is 0.903. The number of methoxy groups -OCH3 is 2. The molecular formula is C17H18F2N2O5S. The van der Waals surface area contributed by atoms with E-state index >= 15 is 0 Å². The SMILES string of the molecule is COc1ccc(N(CC(=O)Nc2c(F)cccc2F)S(C)(=O)=O)cc1OC. The van der Waals surface area contributed by atoms with Crippen molar-refractivity contribution >= 4 is 27.3 Å². The Morgan fingerprint density at radius 2 is 1.67 bits per heavy atom. The van der Waals surface area contributed by atoms with Crippen LogP contribution in [0.3, 0.4) is 0 Å². The van der Waals surface area contributed by atoms with Gasteiger partial charge in [0.05, 0.1) is 26.2 Å². The lowest BCUT2D eigenvalue weighted by Crippen LogP contribution is -2.37. The molecule has 0 saturated carbocycles. The summed E-state index contributed by atoms with van der Waals surface area (Å²) >= 11 is 0. The molecule has 2 aromatic rings. The molecule has 10 heteroatoms. The average molecular weight is 400 g/mol. The zero-order chi connectivity index (χ0) is 20.2. The van der Waals surface area contributed by atoms with Crippen molar-refractivity contribution in [2.75, 3.05) is 36.6 Å². The van der Waals surface area contributed by atoms with Gasteiger partial charge < -0.3 is 14.8 Å². The van der Waals surface area contributed by atoms with E-state index in [4.69, 9.17) is 9.47 Å². The molecule has 27 heavy (non-hydrogen) atoms. The maximum Gasteiger partial charge on any atom is 0.245 e. The monoisotopic (exact) mass is 400 g/mol. The van der Waals surface area contributed by atoms with Crippen molar-refractivity contribution < 1.29 is 31.5 Å². The van der Waals surface area contributed by atoms with Crippen molar-refractivity contribution in [1.82, 2.24) is 0 Å². The van der Waals surface area contributed by atoms with Crippen molar-refractivity contribution in [3.05, 3.63) is 48.0 Å². The largest absolute Gasteiger partial charge is 0.493 e. The highest BCUT2D eigenvalue weighted by Crippen LogP contribution is 2.32. The molecule has 0 unspecified atom stereocenters. The molecule has 0 atom stereocenters. The molecule has 0 heterocycles. The van der Waals surface area contributed by atoms with Crippen LogP contribution in [0.15, 0.2) is 36.4 Å². The van der Waals surface area contributed by atoms with E-state index in [0.29, 0.717) is 5.75 Å². The fraction of sp³-hybridized carbons (Fsp3) is 0.235. The molecule has 0 radical (unpaired) electrons. The Morgan fingerprint density at radius 3 is 2.19 bits per heavy atom. The second kappa shape index (κ2) is 8.21. The van der Waals surface area contributed by atoms with Crippen molar-refractivity contribution in [3.8, 4) is 11.5 Å². The van der Waals surface area contributed by atoms with E-state index < -0.39 is 39.8 Å². The first-order valence-electron chi connectivity index (χ1n) is 7.61. The molecule has 2 rings (SSSR count). The summed E-state index contributed by atoms with van der Waals surface area (Å²) in [5.41, 5.74) is -0.525. The van der Waals surface area contributed by atoms with Gasteiger partial charge in [-0.3, -0.25) is 9.10 Å². The van der Waals surface area contributed by atoms with Crippen molar-refractivity contribution in [3.63, 3.8) is 0 Å². The number of carbonyl (C=O) groups is 1. The van der Waals surface area contributed by atoms with Crippen molar-refractivity contribution in [1.29, 1.82) is 0 Å². The van der Waals surface area contributed by atoms with Crippen LogP contribution < -0.4 is 19.1 Å². The first-order chi connectivity index (χ1) is 12.7. The number of nitrogens with one attached hydrogen (secondary N) is 1. The molecule has 0 saturated heterocycles. The molecule has 0 aliphatic carbocycles. The third-order valence-corrected chi connectivity index (χ3v) is 4.71. The van der Waals surface area contributed by atoms with E-state index in [-0.39, 0.29) is 11.4 Å². The number of hydrogen-bond acceptors (Lipinski definition) is 5. The molecule has 0 bridgehead atoms. The molecule has 0 spiro atoms. The van der Waals surface area contributed by atoms with Gasteiger partial charge in [0, 0.05) is 6.07 Å². The number of anilines is 2. The third kappa shape index (κ3) is 4.85. The van der Waals surface area contributed by atoms with Crippen LogP contribution in [0.4, 0.5) is 20.2 Å². The summed E-state index contributed by atoms with van der Waals surface area (Å²) in [4.78, 5) is 12.2. The Bertz CT molecular complexity index is 930. The lowest BCUT2D eigenvalue weighted by molar-refractivity contribution is -0.114. The van der Waals surface area contributed by atoms with Crippen LogP contribution in [0.5, 0.6) is 11.5 Å². The van der Waals surface area contributed by atoms with Crippen LogP contribution in [0.2, 0.25) is 0 Å². The number of amides is 1. The fourth-order valence-corrected chi connectivity index (χ4v) is 3.15. The molecule has 0 fully saturated rings. The predicted molar refractivity (Wildman–Crippen MR) is 96.7 cm³/mol. The van der Waals surface area contributed by atoms with Crippen LogP contribution in [0.1, 0.15) is 0 Å². The summed E-state index contributed by atoms with van der Waals surface area (Å²) in [6, 6.07) is 7.35. The highest BCUT2D eigenvalue weighted by molar-refractivity contribution is 7.92. The number of nitrogens with zero attached hydrogens (tertiary/aromatic N) is 1. The standard InChI is InChI=1S/C17H18F2N2O5S/c1-25-14-8-7-11(9-15(14)26-2)21(27(3,23)24)10-16(22)20-17-12(18)5-4-6-13(17)19/h4-9H,10H2,1-3H3,(H,20,22). The van der Waals surface area contributed by atoms with Crippen molar-refractivity contribution in [2.24, 2.45) is 0 Å². The van der Waals surface area contributed by atoms with E-state index in [1.165, 1.54) is 32.4 Å². The van der Waals surface area contributed by atoms with Gasteiger partial charge in [0.25, 0.3) is 0 Å². The first-order valence-corrected chi connectivity index (χ1v) is 9.45. The van der Waals surface area contributed by atoms with Gasteiger partial charge in [-0.2, -0.15) is 0 Å². The second-order valence-electron chi connectivity index (χ2n) is 5.45. The minimum Gasteiger partial charge on any atom is -0.493 e. The zero-order valence-electron chi connectivity index (χ0n) is 14.8. The normalized spacial score (nSPS) is 11.0. The molecule has 1 amide bonds. The Hall–Kier alpha value is -2.88. The van der Waals surface area contributed by atoms with Gasteiger partial charge in [0.2, 0.25) is 15.9 Å². The smallest absolute Gasteiger partial charge is 0.245 e. The van der Waals surface area contributed by atoms with Gasteiger partial charge in [0.1, 0.15) is 23.9 Å². The van der Waals surface area contributed by atoms with E-state index in [1.54, 1.807) is 0 Å². The highest BCUT2D eigenvalue weighted by Gasteiger charge is 2.23. The van der Waals surface area contributed by atoms with E-state index in [2.05, 4.69) is 5.32 Å². The molecule has 146 valence electrons. The number of para-hydroxylation sites is 1. The Labute approximate surface area is 155 Å². The van der Waals surface area contributed by atoms with E-state index in [9.17, 15) is 22.0 Å². The van der Waals surface area contributed by atoms with Gasteiger partial charge in [-0.25, -0.2) is 17.2 Å². The molecule has 0 aliphatic rings. The first kappa shape index (κ1) is 20.4. The van der Waals surface area contributed by atoms with E-state index in [1.807, 2.05) is 0 Å². The number of ether oxygens (including phenoxy) is 2. The molecule has 1 N–H and O–H groups in total. The maximum atomic E-state index is 13.7. The topological polar surface area (TPSA) is 84.9 Å². The summed E-state index contributed by atoms with van der Waals surface area (Å²) in [5.74, 6) is -2.24. The lowest BCUT2D eigenvalue weighted by atomic mass is 10.2. The van der Waals surface area contributed by atoms with Gasteiger partial charge >= 0.3 is 0 Å². The maximum absolute atomic E-state index is 13.7. The van der Waals surface area contributed by atoms with Crippen molar-refractivity contribution in [2.45, 2.75) is 0 Å². The van der Waals surface area contributed by atoms with Gasteiger partial charge in [-0.1, -0.05) is 6.07 Å². The van der Waals surface area contributed by atoms with E-state index in [0.717, 1.165) is 28.8 Å². The number of rotatable bonds is 7. The summed E-state index contributed by atoms with van der Waals surface area (Å²) in [5, 5.41) is 2.05. The number of hydrogen-bond donors (Lipinski definition) is 1. The third-order valence-electron chi connectivity index (χ3n) is 3.57. The molecular weight excluding hydrogens is 382 g/mol. The number of benzene rings is 2. The van der Waals surface area contributed by atoms with Gasteiger partial charge in [-0.15, -0.1) is 0 Å².